The number of hydrogen-bond donors (Lipinski definition) is 3. The highest BCUT2D eigenvalue weighted by Crippen LogP contribution is 2.31. The number of pyridine rings is 1. The number of carboxylic acids is 1. The van der Waals surface area contributed by atoms with E-state index in [1.165, 1.54) is 18.2 Å². The molecule has 214 valence electrons. The lowest BCUT2D eigenvalue weighted by Gasteiger charge is -2.24. The number of carbonyl (C=O) groups is 2. The number of nitrogens with zero attached hydrogens (tertiary/aromatic N) is 2. The first-order valence-electron chi connectivity index (χ1n) is 12.8. The Kier molecular flexibility index (Phi) is 8.99. The molecule has 3 N–H and O–H groups in total. The van der Waals surface area contributed by atoms with E-state index in [1.54, 1.807) is 17.0 Å². The van der Waals surface area contributed by atoms with Gasteiger partial charge in [0, 0.05) is 5.39 Å². The Morgan fingerprint density at radius 1 is 0.762 bits per heavy atom. The zero-order valence-electron chi connectivity index (χ0n) is 23.1. The molecule has 0 saturated carbocycles. The number of hydrogen-bond acceptors (Lipinski definition) is 5. The van der Waals surface area contributed by atoms with Crippen LogP contribution in [0, 0.1) is 20.8 Å². The molecule has 0 atom stereocenters. The second-order valence-corrected chi connectivity index (χ2v) is 11.0. The molecule has 5 aromatic rings. The summed E-state index contributed by atoms with van der Waals surface area (Å²) in [6, 6.07) is 29.3. The minimum Gasteiger partial charge on any atom is -0.477 e. The maximum absolute atomic E-state index is 13.5. The number of carbonyl (C=O) groups excluding carboxylic acids is 1. The van der Waals surface area contributed by atoms with E-state index in [-0.39, 0.29) is 10.6 Å². The summed E-state index contributed by atoms with van der Waals surface area (Å²) in [7, 11) is -4.02. The predicted molar refractivity (Wildman–Crippen MR) is 163 cm³/mol. The van der Waals surface area contributed by atoms with Gasteiger partial charge >= 0.3 is 12.0 Å². The normalized spacial score (nSPS) is 10.9. The van der Waals surface area contributed by atoms with Crippen LogP contribution in [-0.4, -0.2) is 35.1 Å². The van der Waals surface area contributed by atoms with Crippen LogP contribution in [0.2, 0.25) is 0 Å². The van der Waals surface area contributed by atoms with Crippen molar-refractivity contribution >= 4 is 50.1 Å². The molecule has 9 nitrogen and oxygen atoms in total. The lowest BCUT2D eigenvalue weighted by molar-refractivity contribution is 0.0691. The van der Waals surface area contributed by atoms with Gasteiger partial charge in [0.1, 0.15) is 0 Å². The van der Waals surface area contributed by atoms with Crippen molar-refractivity contribution in [2.75, 3.05) is 10.2 Å². The summed E-state index contributed by atoms with van der Waals surface area (Å²) in [5, 5.41) is 13.2. The second-order valence-electron chi connectivity index (χ2n) is 9.56. The van der Waals surface area contributed by atoms with E-state index in [1.807, 2.05) is 93.6 Å². The first kappa shape index (κ1) is 29.9. The molecule has 0 aliphatic heterocycles. The fourth-order valence-electron chi connectivity index (χ4n) is 4.38. The zero-order valence-corrected chi connectivity index (χ0v) is 24.0. The third-order valence-corrected chi connectivity index (χ3v) is 7.13. The molecule has 0 bridgehead atoms. The van der Waals surface area contributed by atoms with Crippen molar-refractivity contribution in [2.24, 2.45) is 0 Å². The van der Waals surface area contributed by atoms with Gasteiger partial charge in [-0.25, -0.2) is 14.6 Å². The molecule has 5 rings (SSSR count). The van der Waals surface area contributed by atoms with Gasteiger partial charge in [0.25, 0.3) is 10.1 Å². The maximum atomic E-state index is 13.5. The van der Waals surface area contributed by atoms with Gasteiger partial charge in [-0.2, -0.15) is 8.42 Å². The molecule has 0 aliphatic rings. The van der Waals surface area contributed by atoms with Crippen LogP contribution in [0.1, 0.15) is 27.2 Å². The lowest BCUT2D eigenvalue weighted by atomic mass is 10.0. The largest absolute Gasteiger partial charge is 0.477 e. The number of para-hydroxylation sites is 2. The monoisotopic (exact) mass is 583 g/mol. The molecule has 2 amide bonds. The quantitative estimate of drug-likeness (QED) is 0.187. The fourth-order valence-corrected chi connectivity index (χ4v) is 4.86. The first-order chi connectivity index (χ1) is 19.9. The summed E-state index contributed by atoms with van der Waals surface area (Å²) in [6.45, 7) is 5.68. The van der Waals surface area contributed by atoms with Crippen molar-refractivity contribution in [3.8, 4) is 0 Å². The number of aryl methyl sites for hydroxylation is 3. The number of amides is 2. The van der Waals surface area contributed by atoms with Crippen LogP contribution in [0.4, 0.5) is 21.9 Å². The van der Waals surface area contributed by atoms with Crippen LogP contribution in [0.15, 0.2) is 108 Å². The Balaban J connectivity index is 0.000000310. The van der Waals surface area contributed by atoms with E-state index in [4.69, 9.17) is 4.55 Å². The molecule has 0 aliphatic carbocycles. The Hall–Kier alpha value is -5.06. The number of aromatic nitrogens is 1. The summed E-state index contributed by atoms with van der Waals surface area (Å²) < 4.78 is 29.6. The van der Waals surface area contributed by atoms with Crippen molar-refractivity contribution in [2.45, 2.75) is 25.7 Å². The van der Waals surface area contributed by atoms with E-state index < -0.39 is 22.1 Å². The smallest absolute Gasteiger partial charge is 0.354 e. The molecule has 0 fully saturated rings. The van der Waals surface area contributed by atoms with Crippen LogP contribution < -0.4 is 10.2 Å². The molecule has 10 heteroatoms. The molecular formula is C32H29N3O6S. The minimum atomic E-state index is -4.02. The summed E-state index contributed by atoms with van der Waals surface area (Å²) in [5.41, 5.74) is 5.01. The predicted octanol–water partition coefficient (Wildman–Crippen LogP) is 7.16. The van der Waals surface area contributed by atoms with Gasteiger partial charge in [0.15, 0.2) is 5.69 Å². The molecule has 0 spiro atoms. The molecule has 4 aromatic carbocycles. The van der Waals surface area contributed by atoms with Crippen molar-refractivity contribution in [1.29, 1.82) is 0 Å². The van der Waals surface area contributed by atoms with E-state index in [9.17, 15) is 23.1 Å². The summed E-state index contributed by atoms with van der Waals surface area (Å²) in [4.78, 5) is 30.9. The molecule has 0 saturated heterocycles. The number of fused-ring (bicyclic) bond motifs is 1. The van der Waals surface area contributed by atoms with E-state index in [0.717, 1.165) is 16.7 Å². The van der Waals surface area contributed by atoms with Crippen LogP contribution in [0.5, 0.6) is 0 Å². The van der Waals surface area contributed by atoms with E-state index >= 15 is 0 Å². The SMILES string of the molecule is Cc1cc(C)c2c(NC(=O)N(c3ccccc3)c3ccccc3)cc(C(=O)O)nc2c1.Cc1ccc(S(=O)(=O)O)cc1. The fraction of sp³-hybridized carbons (Fsp3) is 0.0938. The van der Waals surface area contributed by atoms with Crippen molar-refractivity contribution in [3.05, 3.63) is 126 Å². The highest BCUT2D eigenvalue weighted by Gasteiger charge is 2.21. The van der Waals surface area contributed by atoms with Crippen LogP contribution in [0.25, 0.3) is 10.9 Å². The first-order valence-corrected chi connectivity index (χ1v) is 14.3. The average molecular weight is 584 g/mol. The third-order valence-electron chi connectivity index (χ3n) is 6.26. The van der Waals surface area contributed by atoms with E-state index in [2.05, 4.69) is 10.3 Å². The van der Waals surface area contributed by atoms with Crippen LogP contribution in [0.3, 0.4) is 0 Å². The Labute approximate surface area is 243 Å². The minimum absolute atomic E-state index is 0.0666. The Morgan fingerprint density at radius 3 is 1.81 bits per heavy atom. The van der Waals surface area contributed by atoms with Gasteiger partial charge in [-0.1, -0.05) is 60.2 Å². The van der Waals surface area contributed by atoms with Gasteiger partial charge in [-0.3, -0.25) is 9.45 Å². The van der Waals surface area contributed by atoms with Gasteiger partial charge in [0.2, 0.25) is 0 Å². The lowest BCUT2D eigenvalue weighted by Crippen LogP contribution is -2.31. The summed E-state index contributed by atoms with van der Waals surface area (Å²) >= 11 is 0. The number of benzene rings is 4. The van der Waals surface area contributed by atoms with Crippen molar-refractivity contribution in [3.63, 3.8) is 0 Å². The second kappa shape index (κ2) is 12.6. The highest BCUT2D eigenvalue weighted by molar-refractivity contribution is 7.85. The molecule has 0 unspecified atom stereocenters. The summed E-state index contributed by atoms with van der Waals surface area (Å²) in [6.07, 6.45) is 0. The Morgan fingerprint density at radius 2 is 1.31 bits per heavy atom. The van der Waals surface area contributed by atoms with E-state index in [0.29, 0.717) is 28.0 Å². The zero-order chi connectivity index (χ0) is 30.4. The van der Waals surface area contributed by atoms with Crippen LogP contribution in [-0.2, 0) is 10.1 Å². The Bertz CT molecular complexity index is 1800. The molecule has 42 heavy (non-hydrogen) atoms. The average Bonchev–Trinajstić information content (AvgIpc) is 2.94. The number of carboxylic acid groups (broad SMARTS) is 1. The van der Waals surface area contributed by atoms with Gasteiger partial charge < -0.3 is 10.4 Å². The number of aromatic carboxylic acids is 1. The molecular weight excluding hydrogens is 554 g/mol. The summed E-state index contributed by atoms with van der Waals surface area (Å²) in [5.74, 6) is -1.15. The maximum Gasteiger partial charge on any atom is 0.354 e. The molecule has 1 aromatic heterocycles. The molecule has 1 heterocycles. The standard InChI is InChI=1S/C25H21N3O3.C7H8O3S/c1-16-13-17(2)23-20(14-16)26-22(24(29)30)15-21(23)27-25(31)28(18-9-5-3-6-10-18)19-11-7-4-8-12-19;1-6-2-4-7(5-3-6)11(8,9)10/h3-15H,1-2H3,(H,29,30)(H,26,27,31);2-5H,1H3,(H,8,9,10). The molecule has 0 radical (unpaired) electrons. The topological polar surface area (TPSA) is 137 Å². The number of anilines is 3. The number of urea groups is 1. The van der Waals surface area contributed by atoms with Gasteiger partial charge in [-0.05, 0) is 80.4 Å². The van der Waals surface area contributed by atoms with Gasteiger partial charge in [-0.15, -0.1) is 0 Å². The van der Waals surface area contributed by atoms with Crippen LogP contribution >= 0.6 is 0 Å². The number of nitrogens with one attached hydrogen (secondary N) is 1. The number of rotatable bonds is 5. The van der Waals surface area contributed by atoms with Gasteiger partial charge in [0.05, 0.1) is 27.5 Å². The van der Waals surface area contributed by atoms with Crippen molar-refractivity contribution in [1.82, 2.24) is 4.98 Å². The van der Waals surface area contributed by atoms with Crippen molar-refractivity contribution < 1.29 is 27.7 Å². The highest BCUT2D eigenvalue weighted by atomic mass is 32.2. The third kappa shape index (κ3) is 7.17.